The summed E-state index contributed by atoms with van der Waals surface area (Å²) in [6.07, 6.45) is 2.08. The lowest BCUT2D eigenvalue weighted by Gasteiger charge is -2.22. The summed E-state index contributed by atoms with van der Waals surface area (Å²) in [5, 5.41) is 0. The highest BCUT2D eigenvalue weighted by Gasteiger charge is 2.07. The Balaban J connectivity index is 2.32. The van der Waals surface area contributed by atoms with Crippen LogP contribution in [0.1, 0.15) is 18.9 Å². The Morgan fingerprint density at radius 1 is 1.29 bits per heavy atom. The predicted molar refractivity (Wildman–Crippen MR) is 70.4 cm³/mol. The second-order valence-electron chi connectivity index (χ2n) is 4.65. The number of halogens is 1. The van der Waals surface area contributed by atoms with Crippen LogP contribution in [0.25, 0.3) is 0 Å². The predicted octanol–water partition coefficient (Wildman–Crippen LogP) is 2.28. The first-order valence-corrected chi connectivity index (χ1v) is 6.28. The zero-order valence-corrected chi connectivity index (χ0v) is 10.8. The third-order valence-electron chi connectivity index (χ3n) is 3.18. The molecule has 0 radical (unpaired) electrons. The van der Waals surface area contributed by atoms with E-state index in [-0.39, 0.29) is 5.82 Å². The number of benzene rings is 1. The smallest absolute Gasteiger partial charge is 0.123 e. The highest BCUT2D eigenvalue weighted by Crippen LogP contribution is 2.06. The van der Waals surface area contributed by atoms with Gasteiger partial charge in [-0.2, -0.15) is 0 Å². The van der Waals surface area contributed by atoms with Crippen LogP contribution < -0.4 is 5.73 Å². The fourth-order valence-electron chi connectivity index (χ4n) is 1.87. The van der Waals surface area contributed by atoms with E-state index in [1.807, 2.05) is 12.1 Å². The third-order valence-corrected chi connectivity index (χ3v) is 3.18. The Morgan fingerprint density at radius 2 is 1.94 bits per heavy atom. The number of hydrogen-bond donors (Lipinski definition) is 1. The molecule has 0 bridgehead atoms. The summed E-state index contributed by atoms with van der Waals surface area (Å²) in [6, 6.07) is 6.74. The van der Waals surface area contributed by atoms with Crippen molar-refractivity contribution in [3.05, 3.63) is 35.6 Å². The lowest BCUT2D eigenvalue weighted by atomic mass is 10.1. The fraction of sp³-hybridized carbons (Fsp3) is 0.571. The van der Waals surface area contributed by atoms with Gasteiger partial charge in [0.1, 0.15) is 5.82 Å². The molecule has 2 nitrogen and oxygen atoms in total. The molecule has 0 amide bonds. The number of rotatable bonds is 7. The molecule has 1 aromatic rings. The first-order valence-electron chi connectivity index (χ1n) is 6.28. The average molecular weight is 238 g/mol. The summed E-state index contributed by atoms with van der Waals surface area (Å²) >= 11 is 0. The van der Waals surface area contributed by atoms with Crippen molar-refractivity contribution in [2.75, 3.05) is 26.7 Å². The van der Waals surface area contributed by atoms with Gasteiger partial charge in [-0.25, -0.2) is 4.39 Å². The Bertz CT molecular complexity index is 307. The lowest BCUT2D eigenvalue weighted by molar-refractivity contribution is 0.277. The quantitative estimate of drug-likeness (QED) is 0.789. The molecule has 1 unspecified atom stereocenters. The van der Waals surface area contributed by atoms with Crippen molar-refractivity contribution in [3.8, 4) is 0 Å². The second-order valence-corrected chi connectivity index (χ2v) is 4.65. The SMILES string of the molecule is CCC(CN)CN(C)CCc1ccc(F)cc1. The molecule has 0 fully saturated rings. The van der Waals surface area contributed by atoms with Gasteiger partial charge in [0.2, 0.25) is 0 Å². The van der Waals surface area contributed by atoms with Crippen molar-refractivity contribution >= 4 is 0 Å². The summed E-state index contributed by atoms with van der Waals surface area (Å²) in [4.78, 5) is 2.30. The topological polar surface area (TPSA) is 29.3 Å². The highest BCUT2D eigenvalue weighted by molar-refractivity contribution is 5.16. The third kappa shape index (κ3) is 5.29. The van der Waals surface area contributed by atoms with Crippen molar-refractivity contribution in [1.82, 2.24) is 4.90 Å². The van der Waals surface area contributed by atoms with Gasteiger partial charge in [-0.05, 0) is 43.6 Å². The van der Waals surface area contributed by atoms with E-state index in [1.54, 1.807) is 0 Å². The minimum atomic E-state index is -0.170. The van der Waals surface area contributed by atoms with Gasteiger partial charge in [0.25, 0.3) is 0 Å². The van der Waals surface area contributed by atoms with Gasteiger partial charge in [-0.1, -0.05) is 25.5 Å². The van der Waals surface area contributed by atoms with Crippen LogP contribution in [0.3, 0.4) is 0 Å². The van der Waals surface area contributed by atoms with E-state index < -0.39 is 0 Å². The number of nitrogens with two attached hydrogens (primary N) is 1. The number of nitrogens with zero attached hydrogens (tertiary/aromatic N) is 1. The maximum Gasteiger partial charge on any atom is 0.123 e. The minimum absolute atomic E-state index is 0.170. The molecule has 0 saturated heterocycles. The van der Waals surface area contributed by atoms with Crippen molar-refractivity contribution in [2.24, 2.45) is 11.7 Å². The standard InChI is InChI=1S/C14H23FN2/c1-3-12(10-16)11-17(2)9-8-13-4-6-14(15)7-5-13/h4-7,12H,3,8-11,16H2,1-2H3. The van der Waals surface area contributed by atoms with Crippen LogP contribution in [-0.4, -0.2) is 31.6 Å². The number of likely N-dealkylation sites (N-methyl/N-ethyl adjacent to an activating group) is 1. The van der Waals surface area contributed by atoms with Crippen LogP contribution in [-0.2, 0) is 6.42 Å². The Morgan fingerprint density at radius 3 is 2.47 bits per heavy atom. The average Bonchev–Trinajstić information content (AvgIpc) is 2.35. The maximum atomic E-state index is 12.7. The van der Waals surface area contributed by atoms with E-state index in [0.717, 1.165) is 32.5 Å². The van der Waals surface area contributed by atoms with E-state index in [0.29, 0.717) is 5.92 Å². The zero-order valence-electron chi connectivity index (χ0n) is 10.8. The van der Waals surface area contributed by atoms with Crippen LogP contribution in [0.5, 0.6) is 0 Å². The van der Waals surface area contributed by atoms with Crippen molar-refractivity contribution in [3.63, 3.8) is 0 Å². The van der Waals surface area contributed by atoms with Crippen LogP contribution >= 0.6 is 0 Å². The summed E-state index contributed by atoms with van der Waals surface area (Å²) < 4.78 is 12.7. The molecule has 0 aliphatic carbocycles. The van der Waals surface area contributed by atoms with Gasteiger partial charge in [0, 0.05) is 13.1 Å². The molecule has 0 aromatic heterocycles. The first-order chi connectivity index (χ1) is 8.15. The molecule has 96 valence electrons. The molecule has 17 heavy (non-hydrogen) atoms. The second kappa shape index (κ2) is 7.41. The molecule has 0 aliphatic rings. The lowest BCUT2D eigenvalue weighted by Crippen LogP contribution is -2.31. The molecular formula is C14H23FN2. The summed E-state index contributed by atoms with van der Waals surface area (Å²) in [7, 11) is 2.11. The maximum absolute atomic E-state index is 12.7. The molecule has 1 aromatic carbocycles. The van der Waals surface area contributed by atoms with Crippen LogP contribution in [0, 0.1) is 11.7 Å². The molecular weight excluding hydrogens is 215 g/mol. The van der Waals surface area contributed by atoms with Crippen molar-refractivity contribution < 1.29 is 4.39 Å². The van der Waals surface area contributed by atoms with Gasteiger partial charge in [0.05, 0.1) is 0 Å². The summed E-state index contributed by atoms with van der Waals surface area (Å²) in [6.45, 7) is 4.94. The van der Waals surface area contributed by atoms with Crippen LogP contribution in [0.15, 0.2) is 24.3 Å². The van der Waals surface area contributed by atoms with E-state index in [2.05, 4.69) is 18.9 Å². The normalized spacial score (nSPS) is 13.0. The molecule has 0 heterocycles. The first kappa shape index (κ1) is 14.1. The van der Waals surface area contributed by atoms with Gasteiger partial charge >= 0.3 is 0 Å². The van der Waals surface area contributed by atoms with Gasteiger partial charge in [-0.3, -0.25) is 0 Å². The van der Waals surface area contributed by atoms with E-state index in [9.17, 15) is 4.39 Å². The molecule has 0 saturated carbocycles. The Kier molecular flexibility index (Phi) is 6.16. The molecule has 0 aliphatic heterocycles. The summed E-state index contributed by atoms with van der Waals surface area (Å²) in [5.74, 6) is 0.407. The molecule has 3 heteroatoms. The Labute approximate surface area is 104 Å². The minimum Gasteiger partial charge on any atom is -0.330 e. The summed E-state index contributed by atoms with van der Waals surface area (Å²) in [5.41, 5.74) is 6.87. The van der Waals surface area contributed by atoms with Gasteiger partial charge in [0.15, 0.2) is 0 Å². The van der Waals surface area contributed by atoms with E-state index in [4.69, 9.17) is 5.73 Å². The van der Waals surface area contributed by atoms with Gasteiger partial charge < -0.3 is 10.6 Å². The monoisotopic (exact) mass is 238 g/mol. The van der Waals surface area contributed by atoms with Crippen molar-refractivity contribution in [1.29, 1.82) is 0 Å². The van der Waals surface area contributed by atoms with E-state index in [1.165, 1.54) is 17.7 Å². The zero-order chi connectivity index (χ0) is 12.7. The van der Waals surface area contributed by atoms with Crippen molar-refractivity contribution in [2.45, 2.75) is 19.8 Å². The molecule has 0 spiro atoms. The van der Waals surface area contributed by atoms with Gasteiger partial charge in [-0.15, -0.1) is 0 Å². The van der Waals surface area contributed by atoms with Crippen LogP contribution in [0.4, 0.5) is 4.39 Å². The fourth-order valence-corrected chi connectivity index (χ4v) is 1.87. The molecule has 2 N–H and O–H groups in total. The highest BCUT2D eigenvalue weighted by atomic mass is 19.1. The van der Waals surface area contributed by atoms with E-state index >= 15 is 0 Å². The Hall–Kier alpha value is -0.930. The molecule has 1 atom stereocenters. The van der Waals surface area contributed by atoms with Crippen LogP contribution in [0.2, 0.25) is 0 Å². The number of hydrogen-bond acceptors (Lipinski definition) is 2. The molecule has 1 rings (SSSR count). The largest absolute Gasteiger partial charge is 0.330 e.